The fraction of sp³-hybridized carbons (Fsp3) is 0.625. The van der Waals surface area contributed by atoms with Gasteiger partial charge >= 0.3 is 0 Å². The van der Waals surface area contributed by atoms with Crippen LogP contribution in [0, 0.1) is 0 Å². The molecule has 0 bridgehead atoms. The summed E-state index contributed by atoms with van der Waals surface area (Å²) in [6, 6.07) is 1.49. The summed E-state index contributed by atoms with van der Waals surface area (Å²) in [6.45, 7) is 3.88. The Morgan fingerprint density at radius 3 is 3.00 bits per heavy atom. The number of piperazine rings is 1. The van der Waals surface area contributed by atoms with Crippen LogP contribution in [0.25, 0.3) is 0 Å². The molecule has 1 aromatic rings. The zero-order valence-corrected chi connectivity index (χ0v) is 13.4. The number of amides is 2. The first kappa shape index (κ1) is 14.6. The third kappa shape index (κ3) is 2.48. The lowest BCUT2D eigenvalue weighted by molar-refractivity contribution is -0.152. The van der Waals surface area contributed by atoms with Gasteiger partial charge in [-0.05, 0) is 49.6 Å². The normalized spacial score (nSPS) is 29.2. The summed E-state index contributed by atoms with van der Waals surface area (Å²) < 4.78 is 0. The quantitative estimate of drug-likeness (QED) is 0.933. The van der Waals surface area contributed by atoms with Crippen LogP contribution >= 0.6 is 11.3 Å². The molecule has 0 spiro atoms. The van der Waals surface area contributed by atoms with Crippen molar-refractivity contribution in [1.29, 1.82) is 0 Å². The average molecular weight is 306 g/mol. The Labute approximate surface area is 129 Å². The maximum atomic E-state index is 12.8. The van der Waals surface area contributed by atoms with Gasteiger partial charge in [0.1, 0.15) is 12.1 Å². The molecule has 1 aliphatic heterocycles. The second-order valence-electron chi connectivity index (χ2n) is 5.98. The van der Waals surface area contributed by atoms with E-state index in [1.165, 1.54) is 10.4 Å². The Balaban J connectivity index is 1.92. The largest absolute Gasteiger partial charge is 0.343 e. The van der Waals surface area contributed by atoms with Crippen molar-refractivity contribution < 1.29 is 9.59 Å². The van der Waals surface area contributed by atoms with Crippen LogP contribution in [-0.4, -0.2) is 28.8 Å². The molecule has 2 amide bonds. The number of carbonyl (C=O) groups is 2. The van der Waals surface area contributed by atoms with Gasteiger partial charge in [-0.15, -0.1) is 11.3 Å². The Hall–Kier alpha value is -1.36. The molecule has 0 saturated carbocycles. The minimum atomic E-state index is -0.374. The summed E-state index contributed by atoms with van der Waals surface area (Å²) >= 11 is 1.77. The Morgan fingerprint density at radius 1 is 1.43 bits per heavy atom. The first-order valence-electron chi connectivity index (χ1n) is 7.82. The summed E-state index contributed by atoms with van der Waals surface area (Å²) in [5, 5.41) is 4.98. The number of rotatable bonds is 3. The molecular weight excluding hydrogens is 284 g/mol. The molecule has 2 aliphatic rings. The third-order valence-corrected chi connectivity index (χ3v) is 5.60. The van der Waals surface area contributed by atoms with E-state index in [1.807, 2.05) is 18.7 Å². The molecule has 1 saturated heterocycles. The molecule has 5 heteroatoms. The van der Waals surface area contributed by atoms with Crippen molar-refractivity contribution in [3.63, 3.8) is 0 Å². The predicted octanol–water partition coefficient (Wildman–Crippen LogP) is 2.64. The van der Waals surface area contributed by atoms with Gasteiger partial charge in [0.15, 0.2) is 0 Å². The number of aryl methyl sites for hydroxylation is 1. The van der Waals surface area contributed by atoms with E-state index < -0.39 is 0 Å². The van der Waals surface area contributed by atoms with Gasteiger partial charge in [-0.1, -0.05) is 13.3 Å². The molecular formula is C16H22N2O2S. The summed E-state index contributed by atoms with van der Waals surface area (Å²) in [7, 11) is 0. The molecule has 1 N–H and O–H groups in total. The lowest BCUT2D eigenvalue weighted by Gasteiger charge is -2.43. The molecule has 0 aromatic carbocycles. The maximum absolute atomic E-state index is 12.8. The molecule has 4 nitrogen and oxygen atoms in total. The fourth-order valence-electron chi connectivity index (χ4n) is 3.51. The molecule has 1 aromatic heterocycles. The van der Waals surface area contributed by atoms with E-state index in [9.17, 15) is 9.59 Å². The Kier molecular flexibility index (Phi) is 4.02. The first-order valence-corrected chi connectivity index (χ1v) is 8.70. The van der Waals surface area contributed by atoms with Gasteiger partial charge < -0.3 is 10.2 Å². The van der Waals surface area contributed by atoms with Crippen LogP contribution in [0.1, 0.15) is 56.0 Å². The summed E-state index contributed by atoms with van der Waals surface area (Å²) in [5.74, 6) is 0.0726. The van der Waals surface area contributed by atoms with E-state index >= 15 is 0 Å². The topological polar surface area (TPSA) is 49.4 Å². The average Bonchev–Trinajstić information content (AvgIpc) is 2.94. The van der Waals surface area contributed by atoms with E-state index in [-0.39, 0.29) is 29.9 Å². The highest BCUT2D eigenvalue weighted by Gasteiger charge is 2.42. The Bertz CT molecular complexity index is 554. The Morgan fingerprint density at radius 2 is 2.24 bits per heavy atom. The van der Waals surface area contributed by atoms with Crippen LogP contribution in [-0.2, 0) is 16.0 Å². The number of fused-ring (bicyclic) bond motifs is 1. The standard InChI is InChI=1S/C16H22N2O2S/c1-3-5-12-16(20)18(10(2)15(19)17-12)13-6-4-7-14-11(13)8-9-21-14/h8-10,12-13H,3-7H2,1-2H3,(H,17,19). The van der Waals surface area contributed by atoms with Gasteiger partial charge in [0.05, 0.1) is 6.04 Å². The molecule has 3 unspecified atom stereocenters. The number of hydrogen-bond donors (Lipinski definition) is 1. The maximum Gasteiger partial charge on any atom is 0.246 e. The highest BCUT2D eigenvalue weighted by molar-refractivity contribution is 7.10. The van der Waals surface area contributed by atoms with Crippen molar-refractivity contribution in [1.82, 2.24) is 10.2 Å². The van der Waals surface area contributed by atoms with Crippen LogP contribution in [0.5, 0.6) is 0 Å². The minimum Gasteiger partial charge on any atom is -0.343 e. The first-order chi connectivity index (χ1) is 10.1. The molecule has 0 radical (unpaired) electrons. The van der Waals surface area contributed by atoms with Gasteiger partial charge in [-0.25, -0.2) is 0 Å². The van der Waals surface area contributed by atoms with Crippen molar-refractivity contribution in [2.24, 2.45) is 0 Å². The summed E-state index contributed by atoms with van der Waals surface area (Å²) in [5.41, 5.74) is 1.26. The predicted molar refractivity (Wildman–Crippen MR) is 83.1 cm³/mol. The molecule has 114 valence electrons. The van der Waals surface area contributed by atoms with Gasteiger partial charge in [0, 0.05) is 4.88 Å². The molecule has 2 heterocycles. The molecule has 3 atom stereocenters. The van der Waals surface area contributed by atoms with Crippen molar-refractivity contribution in [3.05, 3.63) is 21.9 Å². The molecule has 3 rings (SSSR count). The van der Waals surface area contributed by atoms with Gasteiger partial charge in [-0.2, -0.15) is 0 Å². The second-order valence-corrected chi connectivity index (χ2v) is 6.98. The van der Waals surface area contributed by atoms with E-state index in [2.05, 4.69) is 16.8 Å². The second kappa shape index (κ2) is 5.79. The van der Waals surface area contributed by atoms with Crippen LogP contribution in [0.4, 0.5) is 0 Å². The highest BCUT2D eigenvalue weighted by atomic mass is 32.1. The monoisotopic (exact) mass is 306 g/mol. The number of carbonyl (C=O) groups excluding carboxylic acids is 2. The number of nitrogens with zero attached hydrogens (tertiary/aromatic N) is 1. The third-order valence-electron chi connectivity index (χ3n) is 4.60. The number of nitrogens with one attached hydrogen (secondary N) is 1. The van der Waals surface area contributed by atoms with E-state index in [0.717, 1.165) is 32.1 Å². The molecule has 21 heavy (non-hydrogen) atoms. The summed E-state index contributed by atoms with van der Waals surface area (Å²) in [4.78, 5) is 28.3. The van der Waals surface area contributed by atoms with E-state index in [0.29, 0.717) is 0 Å². The number of thiophene rings is 1. The van der Waals surface area contributed by atoms with Crippen molar-refractivity contribution in [3.8, 4) is 0 Å². The van der Waals surface area contributed by atoms with Gasteiger partial charge in [0.25, 0.3) is 0 Å². The molecule has 1 aliphatic carbocycles. The van der Waals surface area contributed by atoms with Gasteiger partial charge in [0.2, 0.25) is 11.8 Å². The van der Waals surface area contributed by atoms with Crippen LogP contribution in [0.3, 0.4) is 0 Å². The lowest BCUT2D eigenvalue weighted by atomic mass is 9.90. The zero-order chi connectivity index (χ0) is 15.0. The van der Waals surface area contributed by atoms with E-state index in [4.69, 9.17) is 0 Å². The van der Waals surface area contributed by atoms with Gasteiger partial charge in [-0.3, -0.25) is 9.59 Å². The lowest BCUT2D eigenvalue weighted by Crippen LogP contribution is -2.63. The van der Waals surface area contributed by atoms with Crippen LogP contribution in [0.15, 0.2) is 11.4 Å². The van der Waals surface area contributed by atoms with Crippen LogP contribution in [0.2, 0.25) is 0 Å². The highest BCUT2D eigenvalue weighted by Crippen LogP contribution is 2.39. The van der Waals surface area contributed by atoms with E-state index in [1.54, 1.807) is 11.3 Å². The number of hydrogen-bond acceptors (Lipinski definition) is 3. The SMILES string of the molecule is CCCC1NC(=O)C(C)N(C2CCCc3sccc32)C1=O. The van der Waals surface area contributed by atoms with Crippen molar-refractivity contribution in [2.75, 3.05) is 0 Å². The van der Waals surface area contributed by atoms with Crippen LogP contribution < -0.4 is 5.32 Å². The minimum absolute atomic E-state index is 0.0181. The van der Waals surface area contributed by atoms with Crippen molar-refractivity contribution >= 4 is 23.2 Å². The summed E-state index contributed by atoms with van der Waals surface area (Å²) in [6.07, 6.45) is 4.77. The molecule has 1 fully saturated rings. The van der Waals surface area contributed by atoms with Crippen molar-refractivity contribution in [2.45, 2.75) is 64.1 Å². The smallest absolute Gasteiger partial charge is 0.246 e. The zero-order valence-electron chi connectivity index (χ0n) is 12.6. The fourth-order valence-corrected chi connectivity index (χ4v) is 4.49.